The van der Waals surface area contributed by atoms with Crippen LogP contribution >= 0.6 is 0 Å². The van der Waals surface area contributed by atoms with Crippen molar-refractivity contribution in [2.75, 3.05) is 26.2 Å². The largest absolute Gasteiger partial charge is 0.342 e. The molecule has 2 heterocycles. The SMILES string of the molecule is CC(F)(F)C[C@H](NC(=O)N1CCC2(CC1)CC(=O)N(CC1CC1)C2)C(=O)CC1(C#N)CC1. The second kappa shape index (κ2) is 8.27. The second-order valence-corrected chi connectivity index (χ2v) is 10.7. The molecule has 3 amide bonds. The van der Waals surface area contributed by atoms with Crippen LogP contribution in [0.25, 0.3) is 0 Å². The number of alkyl halides is 2. The van der Waals surface area contributed by atoms with E-state index in [1.165, 1.54) is 12.8 Å². The normalized spacial score (nSPS) is 24.9. The van der Waals surface area contributed by atoms with E-state index in [1.54, 1.807) is 4.90 Å². The van der Waals surface area contributed by atoms with Crippen LogP contribution in [0.5, 0.6) is 0 Å². The van der Waals surface area contributed by atoms with Crippen molar-refractivity contribution in [1.82, 2.24) is 15.1 Å². The Kier molecular flexibility index (Phi) is 5.93. The van der Waals surface area contributed by atoms with Crippen molar-refractivity contribution in [3.8, 4) is 6.07 Å². The van der Waals surface area contributed by atoms with E-state index < -0.39 is 35.6 Å². The van der Waals surface area contributed by atoms with Crippen molar-refractivity contribution < 1.29 is 23.2 Å². The minimum Gasteiger partial charge on any atom is -0.342 e. The summed E-state index contributed by atoms with van der Waals surface area (Å²) in [6.45, 7) is 3.16. The van der Waals surface area contributed by atoms with Crippen molar-refractivity contribution in [3.05, 3.63) is 0 Å². The summed E-state index contributed by atoms with van der Waals surface area (Å²) in [6, 6.07) is 0.267. The molecule has 176 valence electrons. The number of halogens is 2. The Morgan fingerprint density at radius 3 is 2.44 bits per heavy atom. The van der Waals surface area contributed by atoms with Crippen LogP contribution in [0.4, 0.5) is 13.6 Å². The third kappa shape index (κ3) is 5.38. The molecule has 2 saturated carbocycles. The quantitative estimate of drug-likeness (QED) is 0.615. The molecule has 4 rings (SSSR count). The average Bonchev–Trinajstić information content (AvgIpc) is 3.63. The predicted octanol–water partition coefficient (Wildman–Crippen LogP) is 3.10. The number of nitrogens with zero attached hydrogens (tertiary/aromatic N) is 3. The first-order valence-corrected chi connectivity index (χ1v) is 11.7. The zero-order valence-electron chi connectivity index (χ0n) is 18.7. The van der Waals surface area contributed by atoms with E-state index >= 15 is 0 Å². The molecule has 2 aliphatic heterocycles. The molecule has 9 heteroatoms. The maximum atomic E-state index is 13.7. The molecule has 32 heavy (non-hydrogen) atoms. The number of likely N-dealkylation sites (tertiary alicyclic amines) is 2. The Balaban J connectivity index is 1.32. The summed E-state index contributed by atoms with van der Waals surface area (Å²) in [4.78, 5) is 41.4. The zero-order chi connectivity index (χ0) is 23.1. The van der Waals surface area contributed by atoms with Gasteiger partial charge in [0.2, 0.25) is 11.8 Å². The third-order valence-corrected chi connectivity index (χ3v) is 7.54. The fourth-order valence-electron chi connectivity index (χ4n) is 5.06. The van der Waals surface area contributed by atoms with Crippen molar-refractivity contribution in [2.45, 2.75) is 76.7 Å². The Labute approximate surface area is 187 Å². The molecule has 0 aromatic carbocycles. The standard InChI is InChI=1S/C23H32F2N4O3/c1-21(24,25)10-17(18(30)11-22(14-26)4-5-22)27-20(32)28-8-6-23(7-9-28)12-19(31)29(15-23)13-16-2-3-16/h16-17H,2-13,15H2,1H3,(H,27,32)/t17-/m0/s1. The molecule has 7 nitrogen and oxygen atoms in total. The number of hydrogen-bond donors (Lipinski definition) is 1. The summed E-state index contributed by atoms with van der Waals surface area (Å²) < 4.78 is 27.4. The molecular weight excluding hydrogens is 418 g/mol. The topological polar surface area (TPSA) is 93.5 Å². The Hall–Kier alpha value is -2.24. The summed E-state index contributed by atoms with van der Waals surface area (Å²) in [7, 11) is 0. The summed E-state index contributed by atoms with van der Waals surface area (Å²) in [5, 5.41) is 11.7. The highest BCUT2D eigenvalue weighted by Gasteiger charge is 2.48. The first-order valence-electron chi connectivity index (χ1n) is 11.7. The Bertz CT molecular complexity index is 818. The average molecular weight is 451 g/mol. The van der Waals surface area contributed by atoms with Crippen LogP contribution in [-0.2, 0) is 9.59 Å². The number of amides is 3. The number of piperidine rings is 1. The predicted molar refractivity (Wildman–Crippen MR) is 112 cm³/mol. The van der Waals surface area contributed by atoms with E-state index in [1.807, 2.05) is 4.90 Å². The number of nitriles is 1. The third-order valence-electron chi connectivity index (χ3n) is 7.54. The number of rotatable bonds is 8. The highest BCUT2D eigenvalue weighted by molar-refractivity contribution is 5.89. The van der Waals surface area contributed by atoms with Crippen molar-refractivity contribution in [3.63, 3.8) is 0 Å². The van der Waals surface area contributed by atoms with Gasteiger partial charge in [-0.25, -0.2) is 13.6 Å². The van der Waals surface area contributed by atoms with Gasteiger partial charge in [-0.15, -0.1) is 0 Å². The van der Waals surface area contributed by atoms with Crippen LogP contribution in [0, 0.1) is 28.1 Å². The molecule has 2 aliphatic carbocycles. The van der Waals surface area contributed by atoms with Crippen LogP contribution in [0.15, 0.2) is 0 Å². The van der Waals surface area contributed by atoms with Gasteiger partial charge in [-0.3, -0.25) is 9.59 Å². The van der Waals surface area contributed by atoms with Gasteiger partial charge in [-0.05, 0) is 51.4 Å². The maximum absolute atomic E-state index is 13.7. The van der Waals surface area contributed by atoms with Crippen LogP contribution in [-0.4, -0.2) is 65.7 Å². The highest BCUT2D eigenvalue weighted by Crippen LogP contribution is 2.48. The first-order chi connectivity index (χ1) is 15.0. The Morgan fingerprint density at radius 2 is 1.91 bits per heavy atom. The lowest BCUT2D eigenvalue weighted by atomic mass is 9.77. The summed E-state index contributed by atoms with van der Waals surface area (Å²) >= 11 is 0. The van der Waals surface area contributed by atoms with E-state index in [9.17, 15) is 28.4 Å². The number of urea groups is 1. The first kappa shape index (κ1) is 22.9. The minimum atomic E-state index is -3.11. The summed E-state index contributed by atoms with van der Waals surface area (Å²) in [6.07, 6.45) is 4.56. The van der Waals surface area contributed by atoms with E-state index in [0.29, 0.717) is 51.1 Å². The molecule has 1 N–H and O–H groups in total. The smallest absolute Gasteiger partial charge is 0.317 e. The molecule has 0 unspecified atom stereocenters. The fraction of sp³-hybridized carbons (Fsp3) is 0.826. The molecule has 2 saturated heterocycles. The number of nitrogens with one attached hydrogen (secondary N) is 1. The molecule has 0 radical (unpaired) electrons. The lowest BCUT2D eigenvalue weighted by molar-refractivity contribution is -0.128. The van der Waals surface area contributed by atoms with Gasteiger partial charge in [0.25, 0.3) is 0 Å². The fourth-order valence-corrected chi connectivity index (χ4v) is 5.06. The van der Waals surface area contributed by atoms with Crippen LogP contribution < -0.4 is 5.32 Å². The second-order valence-electron chi connectivity index (χ2n) is 10.7. The van der Waals surface area contributed by atoms with Crippen LogP contribution in [0.2, 0.25) is 0 Å². The number of carbonyl (C=O) groups is 3. The van der Waals surface area contributed by atoms with Gasteiger partial charge in [0, 0.05) is 50.9 Å². The molecular formula is C23H32F2N4O3. The Morgan fingerprint density at radius 1 is 1.25 bits per heavy atom. The van der Waals surface area contributed by atoms with Gasteiger partial charge < -0.3 is 15.1 Å². The molecule has 1 atom stereocenters. The van der Waals surface area contributed by atoms with Gasteiger partial charge in [0.05, 0.1) is 17.5 Å². The van der Waals surface area contributed by atoms with Gasteiger partial charge in [0.1, 0.15) is 0 Å². The minimum absolute atomic E-state index is 0.105. The lowest BCUT2D eigenvalue weighted by Gasteiger charge is -2.39. The number of hydrogen-bond acceptors (Lipinski definition) is 4. The van der Waals surface area contributed by atoms with Crippen molar-refractivity contribution in [1.29, 1.82) is 5.26 Å². The molecule has 4 fully saturated rings. The molecule has 0 aromatic rings. The van der Waals surface area contributed by atoms with E-state index in [2.05, 4.69) is 11.4 Å². The number of Topliss-reactive ketones (excluding diaryl/α,β-unsaturated/α-hetero) is 1. The van der Waals surface area contributed by atoms with Gasteiger partial charge >= 0.3 is 6.03 Å². The summed E-state index contributed by atoms with van der Waals surface area (Å²) in [5.74, 6) is -2.79. The lowest BCUT2D eigenvalue weighted by Crippen LogP contribution is -2.53. The number of carbonyl (C=O) groups excluding carboxylic acids is 3. The molecule has 0 aromatic heterocycles. The van der Waals surface area contributed by atoms with Gasteiger partial charge in [0.15, 0.2) is 5.78 Å². The van der Waals surface area contributed by atoms with Gasteiger partial charge in [-0.1, -0.05) is 0 Å². The van der Waals surface area contributed by atoms with Crippen LogP contribution in [0.1, 0.15) is 64.7 Å². The monoisotopic (exact) mass is 450 g/mol. The van der Waals surface area contributed by atoms with E-state index in [4.69, 9.17) is 0 Å². The van der Waals surface area contributed by atoms with Crippen molar-refractivity contribution >= 4 is 17.7 Å². The van der Waals surface area contributed by atoms with Gasteiger partial charge in [-0.2, -0.15) is 5.26 Å². The number of ketones is 1. The summed E-state index contributed by atoms with van der Waals surface area (Å²) in [5.41, 5.74) is -0.860. The molecule has 0 bridgehead atoms. The highest BCUT2D eigenvalue weighted by atomic mass is 19.3. The van der Waals surface area contributed by atoms with Crippen LogP contribution in [0.3, 0.4) is 0 Å². The maximum Gasteiger partial charge on any atom is 0.317 e. The van der Waals surface area contributed by atoms with Crippen molar-refractivity contribution in [2.24, 2.45) is 16.7 Å². The zero-order valence-corrected chi connectivity index (χ0v) is 18.7. The molecule has 4 aliphatic rings. The van der Waals surface area contributed by atoms with E-state index in [0.717, 1.165) is 20.0 Å². The van der Waals surface area contributed by atoms with E-state index in [-0.39, 0.29) is 17.7 Å². The molecule has 1 spiro atoms.